The fourth-order valence-electron chi connectivity index (χ4n) is 3.37. The lowest BCUT2D eigenvalue weighted by Gasteiger charge is -2.13. The molecule has 3 aromatic rings. The molecule has 0 bridgehead atoms. The van der Waals surface area contributed by atoms with Gasteiger partial charge in [0.15, 0.2) is 0 Å². The highest BCUT2D eigenvalue weighted by Crippen LogP contribution is 2.14. The van der Waals surface area contributed by atoms with Crippen molar-refractivity contribution in [3.8, 4) is 5.88 Å². The normalized spacial score (nSPS) is 11.1. The lowest BCUT2D eigenvalue weighted by atomic mass is 10.1. The Kier molecular flexibility index (Phi) is 10.4. The number of sulfonamides is 1. The molecule has 0 radical (unpaired) electrons. The Morgan fingerprint density at radius 2 is 1.54 bits per heavy atom. The fourth-order valence-corrected chi connectivity index (χ4v) is 4.47. The molecule has 0 aliphatic carbocycles. The third kappa shape index (κ3) is 8.79. The summed E-state index contributed by atoms with van der Waals surface area (Å²) in [5, 5.41) is 3.40. The first kappa shape index (κ1) is 29.6. The van der Waals surface area contributed by atoms with E-state index in [4.69, 9.17) is 21.1 Å². The average molecular weight is 574 g/mol. The van der Waals surface area contributed by atoms with Crippen LogP contribution in [0.3, 0.4) is 0 Å². The van der Waals surface area contributed by atoms with Crippen LogP contribution in [-0.4, -0.2) is 44.0 Å². The molecule has 206 valence electrons. The summed E-state index contributed by atoms with van der Waals surface area (Å²) in [6.07, 6.45) is 1.74. The Morgan fingerprint density at radius 3 is 2.13 bits per heavy atom. The molecule has 0 aliphatic heterocycles. The number of hydrogen-bond donors (Lipinski definition) is 2. The van der Waals surface area contributed by atoms with E-state index in [0.29, 0.717) is 30.8 Å². The van der Waals surface area contributed by atoms with Crippen LogP contribution in [0.25, 0.3) is 0 Å². The molecule has 1 heterocycles. The standard InChI is InChI=1S/C27H28ClN3O7S/c1-3-22(4-2)37-27(34)38-24-14-9-20(17-30-24)26(33)31-39(35,36)23-12-7-19(8-13-23)25(32)29-16-15-18-5-10-21(28)11-6-18/h5-14,17,22H,3-4,15-16H2,1-2H3,(H,29,32)(H,31,33). The maximum atomic E-state index is 12.7. The predicted molar refractivity (Wildman–Crippen MR) is 144 cm³/mol. The molecule has 2 amide bonds. The number of benzene rings is 2. The van der Waals surface area contributed by atoms with E-state index in [9.17, 15) is 22.8 Å². The first-order valence-corrected chi connectivity index (χ1v) is 14.0. The SMILES string of the molecule is CCC(CC)OC(=O)Oc1ccc(C(=O)NS(=O)(=O)c2ccc(C(=O)NCCc3ccc(Cl)cc3)cc2)cn1. The van der Waals surface area contributed by atoms with Crippen molar-refractivity contribution in [2.75, 3.05) is 6.54 Å². The molecular formula is C27H28ClN3O7S. The summed E-state index contributed by atoms with van der Waals surface area (Å²) < 4.78 is 37.4. The van der Waals surface area contributed by atoms with Crippen LogP contribution in [0.2, 0.25) is 5.02 Å². The molecule has 39 heavy (non-hydrogen) atoms. The van der Waals surface area contributed by atoms with Crippen molar-refractivity contribution < 1.29 is 32.3 Å². The van der Waals surface area contributed by atoms with Gasteiger partial charge in [-0.3, -0.25) is 9.59 Å². The summed E-state index contributed by atoms with van der Waals surface area (Å²) in [4.78, 5) is 40.3. The lowest BCUT2D eigenvalue weighted by molar-refractivity contribution is 0.0538. The second-order valence-corrected chi connectivity index (χ2v) is 10.5. The highest BCUT2D eigenvalue weighted by Gasteiger charge is 2.20. The molecule has 3 rings (SSSR count). The zero-order valence-corrected chi connectivity index (χ0v) is 22.9. The predicted octanol–water partition coefficient (Wildman–Crippen LogP) is 4.53. The molecule has 0 aliphatic rings. The van der Waals surface area contributed by atoms with Gasteiger partial charge in [-0.05, 0) is 67.3 Å². The van der Waals surface area contributed by atoms with Crippen molar-refractivity contribution in [1.82, 2.24) is 15.0 Å². The van der Waals surface area contributed by atoms with Crippen molar-refractivity contribution in [1.29, 1.82) is 0 Å². The van der Waals surface area contributed by atoms with E-state index in [2.05, 4.69) is 10.3 Å². The summed E-state index contributed by atoms with van der Waals surface area (Å²) in [5.41, 5.74) is 1.20. The number of hydrogen-bond acceptors (Lipinski definition) is 8. The maximum Gasteiger partial charge on any atom is 0.515 e. The van der Waals surface area contributed by atoms with E-state index in [1.54, 1.807) is 12.1 Å². The molecule has 0 fully saturated rings. The Hall–Kier alpha value is -3.96. The van der Waals surface area contributed by atoms with Crippen molar-refractivity contribution in [2.45, 2.75) is 44.1 Å². The smallest absolute Gasteiger partial charge is 0.431 e. The zero-order chi connectivity index (χ0) is 28.4. The summed E-state index contributed by atoms with van der Waals surface area (Å²) in [6.45, 7) is 4.13. The van der Waals surface area contributed by atoms with Crippen LogP contribution < -0.4 is 14.8 Å². The minimum absolute atomic E-state index is 0.0732. The minimum Gasteiger partial charge on any atom is -0.431 e. The second-order valence-electron chi connectivity index (χ2n) is 8.38. The molecule has 1 aromatic heterocycles. The summed E-state index contributed by atoms with van der Waals surface area (Å²) in [5.74, 6) is -1.40. The van der Waals surface area contributed by atoms with Gasteiger partial charge in [0.25, 0.3) is 21.8 Å². The first-order chi connectivity index (χ1) is 18.6. The van der Waals surface area contributed by atoms with E-state index < -0.39 is 22.1 Å². The number of nitrogens with zero attached hydrogens (tertiary/aromatic N) is 1. The number of amides is 2. The number of aromatic nitrogens is 1. The van der Waals surface area contributed by atoms with Gasteiger partial charge in [-0.2, -0.15) is 0 Å². The minimum atomic E-state index is -4.23. The van der Waals surface area contributed by atoms with Gasteiger partial charge in [-0.1, -0.05) is 37.6 Å². The second kappa shape index (κ2) is 13.7. The number of nitrogens with one attached hydrogen (secondary N) is 2. The van der Waals surface area contributed by atoms with E-state index in [-0.39, 0.29) is 33.9 Å². The van der Waals surface area contributed by atoms with Gasteiger partial charge in [0.2, 0.25) is 5.88 Å². The molecule has 0 unspecified atom stereocenters. The van der Waals surface area contributed by atoms with Gasteiger partial charge in [-0.15, -0.1) is 0 Å². The number of rotatable bonds is 11. The molecular weight excluding hydrogens is 546 g/mol. The van der Waals surface area contributed by atoms with Crippen molar-refractivity contribution >= 4 is 39.6 Å². The highest BCUT2D eigenvalue weighted by atomic mass is 35.5. The molecule has 2 aromatic carbocycles. The molecule has 12 heteroatoms. The van der Waals surface area contributed by atoms with Crippen molar-refractivity contribution in [2.24, 2.45) is 0 Å². The van der Waals surface area contributed by atoms with Crippen LogP contribution in [0.5, 0.6) is 5.88 Å². The number of carbonyl (C=O) groups is 3. The lowest BCUT2D eigenvalue weighted by Crippen LogP contribution is -2.31. The van der Waals surface area contributed by atoms with E-state index >= 15 is 0 Å². The molecule has 0 atom stereocenters. The van der Waals surface area contributed by atoms with E-state index in [1.807, 2.05) is 30.7 Å². The zero-order valence-electron chi connectivity index (χ0n) is 21.3. The van der Waals surface area contributed by atoms with Crippen LogP contribution in [-0.2, 0) is 21.2 Å². The highest BCUT2D eigenvalue weighted by molar-refractivity contribution is 7.90. The third-order valence-electron chi connectivity index (χ3n) is 5.63. The quantitative estimate of drug-likeness (QED) is 0.319. The molecule has 0 saturated heterocycles. The van der Waals surface area contributed by atoms with Gasteiger partial charge >= 0.3 is 6.16 Å². The average Bonchev–Trinajstić information content (AvgIpc) is 2.93. The fraction of sp³-hybridized carbons (Fsp3) is 0.259. The van der Waals surface area contributed by atoms with Crippen molar-refractivity contribution in [3.63, 3.8) is 0 Å². The molecule has 2 N–H and O–H groups in total. The van der Waals surface area contributed by atoms with E-state index in [1.165, 1.54) is 36.4 Å². The largest absolute Gasteiger partial charge is 0.515 e. The Morgan fingerprint density at radius 1 is 0.897 bits per heavy atom. The summed E-state index contributed by atoms with van der Waals surface area (Å²) in [7, 11) is -4.23. The molecule has 0 saturated carbocycles. The van der Waals surface area contributed by atoms with Crippen LogP contribution >= 0.6 is 11.6 Å². The number of carbonyl (C=O) groups excluding carboxylic acids is 3. The Labute approximate surface area is 231 Å². The van der Waals surface area contributed by atoms with Gasteiger partial charge in [0.1, 0.15) is 6.10 Å². The van der Waals surface area contributed by atoms with Crippen molar-refractivity contribution in [3.05, 3.63) is 88.6 Å². The number of ether oxygens (including phenoxy) is 2. The van der Waals surface area contributed by atoms with Gasteiger partial charge in [-0.25, -0.2) is 22.9 Å². The topological polar surface area (TPSA) is 141 Å². The number of halogens is 1. The van der Waals surface area contributed by atoms with Gasteiger partial charge in [0.05, 0.1) is 10.5 Å². The van der Waals surface area contributed by atoms with E-state index in [0.717, 1.165) is 11.8 Å². The summed E-state index contributed by atoms with van der Waals surface area (Å²) >= 11 is 5.86. The first-order valence-electron chi connectivity index (χ1n) is 12.2. The van der Waals surface area contributed by atoms with Crippen LogP contribution in [0.1, 0.15) is 53.0 Å². The van der Waals surface area contributed by atoms with Crippen LogP contribution in [0.4, 0.5) is 4.79 Å². The molecule has 10 nitrogen and oxygen atoms in total. The Balaban J connectivity index is 1.53. The Bertz CT molecular complexity index is 1390. The van der Waals surface area contributed by atoms with Gasteiger partial charge < -0.3 is 14.8 Å². The molecule has 0 spiro atoms. The maximum absolute atomic E-state index is 12.7. The van der Waals surface area contributed by atoms with Crippen LogP contribution in [0.15, 0.2) is 71.8 Å². The van der Waals surface area contributed by atoms with Gasteiger partial charge in [0, 0.05) is 29.4 Å². The summed E-state index contributed by atoms with van der Waals surface area (Å²) in [6, 6.07) is 14.9. The third-order valence-corrected chi connectivity index (χ3v) is 7.23. The monoisotopic (exact) mass is 573 g/mol. The number of pyridine rings is 1. The van der Waals surface area contributed by atoms with Crippen LogP contribution in [0, 0.1) is 0 Å².